The van der Waals surface area contributed by atoms with Crippen LogP contribution in [0.25, 0.3) is 0 Å². The Morgan fingerprint density at radius 1 is 1.42 bits per heavy atom. The van der Waals surface area contributed by atoms with Crippen molar-refractivity contribution in [1.29, 1.82) is 0 Å². The summed E-state index contributed by atoms with van der Waals surface area (Å²) < 4.78 is 10.0. The maximum Gasteiger partial charge on any atom is 0.308 e. The van der Waals surface area contributed by atoms with Gasteiger partial charge in [-0.1, -0.05) is 5.16 Å². The van der Waals surface area contributed by atoms with Crippen molar-refractivity contribution < 1.29 is 14.1 Å². The third-order valence-electron chi connectivity index (χ3n) is 4.47. The minimum absolute atomic E-state index is 0.0106. The van der Waals surface area contributed by atoms with Crippen LogP contribution in [-0.2, 0) is 16.0 Å². The molecule has 0 unspecified atom stereocenters. The van der Waals surface area contributed by atoms with E-state index in [4.69, 9.17) is 14.3 Å². The van der Waals surface area contributed by atoms with Crippen LogP contribution in [0.4, 0.5) is 0 Å². The SMILES string of the molecule is CCNC(=NCCc1c(C)noc1C)N1CCC(C(=O)OC)CC1. The van der Waals surface area contributed by atoms with Gasteiger partial charge in [-0.3, -0.25) is 9.79 Å². The number of carbonyl (C=O) groups is 1. The molecule has 1 fully saturated rings. The van der Waals surface area contributed by atoms with Gasteiger partial charge in [0.1, 0.15) is 5.76 Å². The first-order valence-electron chi connectivity index (χ1n) is 8.59. The van der Waals surface area contributed by atoms with Crippen molar-refractivity contribution in [2.24, 2.45) is 10.9 Å². The minimum atomic E-state index is -0.102. The van der Waals surface area contributed by atoms with E-state index in [1.807, 2.05) is 13.8 Å². The molecule has 0 saturated carbocycles. The van der Waals surface area contributed by atoms with E-state index >= 15 is 0 Å². The number of nitrogens with one attached hydrogen (secondary N) is 1. The van der Waals surface area contributed by atoms with Crippen LogP contribution in [0.15, 0.2) is 9.52 Å². The quantitative estimate of drug-likeness (QED) is 0.501. The van der Waals surface area contributed by atoms with E-state index in [9.17, 15) is 4.79 Å². The second-order valence-electron chi connectivity index (χ2n) is 6.07. The first-order valence-corrected chi connectivity index (χ1v) is 8.59. The molecule has 7 nitrogen and oxygen atoms in total. The van der Waals surface area contributed by atoms with Crippen LogP contribution < -0.4 is 5.32 Å². The Bertz CT molecular complexity index is 555. The van der Waals surface area contributed by atoms with Crippen molar-refractivity contribution in [2.75, 3.05) is 33.3 Å². The molecule has 1 N–H and O–H groups in total. The summed E-state index contributed by atoms with van der Waals surface area (Å²) in [6.07, 6.45) is 2.43. The van der Waals surface area contributed by atoms with Gasteiger partial charge in [-0.05, 0) is 40.0 Å². The molecule has 0 aliphatic carbocycles. The van der Waals surface area contributed by atoms with Gasteiger partial charge < -0.3 is 19.5 Å². The standard InChI is InChI=1S/C17H28N4O3/c1-5-18-17(19-9-6-15-12(2)20-24-13(15)3)21-10-7-14(8-11-21)16(22)23-4/h14H,5-11H2,1-4H3,(H,18,19). The van der Waals surface area contributed by atoms with E-state index in [0.29, 0.717) is 6.54 Å². The van der Waals surface area contributed by atoms with Gasteiger partial charge in [0, 0.05) is 31.7 Å². The second-order valence-corrected chi connectivity index (χ2v) is 6.07. The zero-order valence-corrected chi connectivity index (χ0v) is 15.1. The fraction of sp³-hybridized carbons (Fsp3) is 0.706. The zero-order valence-electron chi connectivity index (χ0n) is 15.1. The van der Waals surface area contributed by atoms with E-state index in [1.165, 1.54) is 7.11 Å². The third-order valence-corrected chi connectivity index (χ3v) is 4.47. The molecule has 1 aromatic heterocycles. The Balaban J connectivity index is 1.93. The number of nitrogens with zero attached hydrogens (tertiary/aromatic N) is 3. The predicted octanol–water partition coefficient (Wildman–Crippen LogP) is 1.68. The first-order chi connectivity index (χ1) is 11.6. The van der Waals surface area contributed by atoms with Gasteiger partial charge in [-0.2, -0.15) is 0 Å². The zero-order chi connectivity index (χ0) is 17.5. The molecule has 0 aromatic carbocycles. The van der Waals surface area contributed by atoms with Crippen LogP contribution in [0.1, 0.15) is 36.8 Å². The predicted molar refractivity (Wildman–Crippen MR) is 92.0 cm³/mol. The average Bonchev–Trinajstić information content (AvgIpc) is 2.92. The van der Waals surface area contributed by atoms with Gasteiger partial charge in [-0.25, -0.2) is 0 Å². The van der Waals surface area contributed by atoms with Crippen LogP contribution in [-0.4, -0.2) is 55.3 Å². The van der Waals surface area contributed by atoms with E-state index in [2.05, 4.69) is 22.3 Å². The van der Waals surface area contributed by atoms with Gasteiger partial charge in [0.25, 0.3) is 0 Å². The number of hydrogen-bond acceptors (Lipinski definition) is 5. The number of ether oxygens (including phenoxy) is 1. The Labute approximate surface area is 143 Å². The molecule has 0 spiro atoms. The molecule has 1 aliphatic rings. The van der Waals surface area contributed by atoms with Gasteiger partial charge in [0.05, 0.1) is 18.7 Å². The number of rotatable bonds is 5. The lowest BCUT2D eigenvalue weighted by Gasteiger charge is -2.33. The molecule has 0 bridgehead atoms. The third kappa shape index (κ3) is 4.49. The molecule has 2 heterocycles. The molecule has 2 rings (SSSR count). The van der Waals surface area contributed by atoms with Crippen molar-refractivity contribution in [3.05, 3.63) is 17.0 Å². The lowest BCUT2D eigenvalue weighted by molar-refractivity contribution is -0.146. The number of hydrogen-bond donors (Lipinski definition) is 1. The molecular formula is C17H28N4O3. The fourth-order valence-corrected chi connectivity index (χ4v) is 3.05. The summed E-state index contributed by atoms with van der Waals surface area (Å²) in [7, 11) is 1.45. The van der Waals surface area contributed by atoms with Crippen LogP contribution in [0.2, 0.25) is 0 Å². The number of methoxy groups -OCH3 is 1. The Hall–Kier alpha value is -2.05. The number of piperidine rings is 1. The number of carbonyl (C=O) groups excluding carboxylic acids is 1. The molecule has 0 atom stereocenters. The first kappa shape index (κ1) is 18.3. The average molecular weight is 336 g/mol. The molecule has 1 aliphatic heterocycles. The lowest BCUT2D eigenvalue weighted by Crippen LogP contribution is -2.46. The lowest BCUT2D eigenvalue weighted by atomic mass is 9.97. The van der Waals surface area contributed by atoms with Crippen molar-refractivity contribution in [2.45, 2.75) is 40.0 Å². The molecule has 7 heteroatoms. The van der Waals surface area contributed by atoms with Crippen molar-refractivity contribution >= 4 is 11.9 Å². The smallest absolute Gasteiger partial charge is 0.308 e. The summed E-state index contributed by atoms with van der Waals surface area (Å²) in [5.74, 6) is 1.69. The highest BCUT2D eigenvalue weighted by atomic mass is 16.5. The number of guanidine groups is 1. The Morgan fingerprint density at radius 3 is 2.67 bits per heavy atom. The van der Waals surface area contributed by atoms with E-state index in [0.717, 1.165) is 61.9 Å². The Morgan fingerprint density at radius 2 is 2.12 bits per heavy atom. The highest BCUT2D eigenvalue weighted by Crippen LogP contribution is 2.18. The van der Waals surface area contributed by atoms with Crippen LogP contribution in [0, 0.1) is 19.8 Å². The van der Waals surface area contributed by atoms with Gasteiger partial charge in [-0.15, -0.1) is 0 Å². The number of esters is 1. The van der Waals surface area contributed by atoms with E-state index < -0.39 is 0 Å². The molecule has 0 amide bonds. The topological polar surface area (TPSA) is 80.0 Å². The fourth-order valence-electron chi connectivity index (χ4n) is 3.05. The largest absolute Gasteiger partial charge is 0.469 e. The second kappa shape index (κ2) is 8.70. The molecule has 24 heavy (non-hydrogen) atoms. The van der Waals surface area contributed by atoms with E-state index in [-0.39, 0.29) is 11.9 Å². The van der Waals surface area contributed by atoms with Crippen molar-refractivity contribution in [1.82, 2.24) is 15.4 Å². The normalized spacial score (nSPS) is 16.3. The summed E-state index contributed by atoms with van der Waals surface area (Å²) in [4.78, 5) is 18.6. The number of aliphatic imine (C=N–C) groups is 1. The highest BCUT2D eigenvalue weighted by Gasteiger charge is 2.26. The highest BCUT2D eigenvalue weighted by molar-refractivity contribution is 5.80. The van der Waals surface area contributed by atoms with Crippen molar-refractivity contribution in [3.8, 4) is 0 Å². The monoisotopic (exact) mass is 336 g/mol. The Kier molecular flexibility index (Phi) is 6.63. The van der Waals surface area contributed by atoms with Crippen LogP contribution in [0.3, 0.4) is 0 Å². The summed E-state index contributed by atoms with van der Waals surface area (Å²) in [5.41, 5.74) is 2.07. The van der Waals surface area contributed by atoms with Crippen LogP contribution in [0.5, 0.6) is 0 Å². The minimum Gasteiger partial charge on any atom is -0.469 e. The maximum absolute atomic E-state index is 11.6. The molecule has 1 aromatic rings. The number of aromatic nitrogens is 1. The molecule has 1 saturated heterocycles. The summed E-state index contributed by atoms with van der Waals surface area (Å²) >= 11 is 0. The molecular weight excluding hydrogens is 308 g/mol. The maximum atomic E-state index is 11.6. The summed E-state index contributed by atoms with van der Waals surface area (Å²) in [6, 6.07) is 0. The van der Waals surface area contributed by atoms with Crippen molar-refractivity contribution in [3.63, 3.8) is 0 Å². The van der Waals surface area contributed by atoms with Gasteiger partial charge in [0.2, 0.25) is 0 Å². The number of likely N-dealkylation sites (tertiary alicyclic amines) is 1. The summed E-state index contributed by atoms with van der Waals surface area (Å²) in [6.45, 7) is 9.09. The summed E-state index contributed by atoms with van der Waals surface area (Å²) in [5, 5.41) is 7.32. The van der Waals surface area contributed by atoms with Gasteiger partial charge >= 0.3 is 5.97 Å². The molecule has 134 valence electrons. The van der Waals surface area contributed by atoms with Crippen LogP contribution >= 0.6 is 0 Å². The van der Waals surface area contributed by atoms with Gasteiger partial charge in [0.15, 0.2) is 5.96 Å². The molecule has 0 radical (unpaired) electrons. The van der Waals surface area contributed by atoms with E-state index in [1.54, 1.807) is 0 Å². The number of aryl methyl sites for hydroxylation is 2.